The first kappa shape index (κ1) is 16.4. The predicted molar refractivity (Wildman–Crippen MR) is 89.7 cm³/mol. The Bertz CT molecular complexity index is 703. The van der Waals surface area contributed by atoms with Crippen LogP contribution >= 0.6 is 11.3 Å². The summed E-state index contributed by atoms with van der Waals surface area (Å²) < 4.78 is 18.1. The van der Waals surface area contributed by atoms with Crippen molar-refractivity contribution in [1.82, 2.24) is 5.32 Å². The third-order valence-corrected chi connectivity index (χ3v) is 4.62. The summed E-state index contributed by atoms with van der Waals surface area (Å²) in [4.78, 5) is 25.3. The van der Waals surface area contributed by atoms with Crippen LogP contribution < -0.4 is 10.2 Å². The van der Waals surface area contributed by atoms with E-state index < -0.39 is 0 Å². The van der Waals surface area contributed by atoms with Crippen LogP contribution in [0.2, 0.25) is 0 Å². The molecule has 1 unspecified atom stereocenters. The number of nitrogens with one attached hydrogen (secondary N) is 1. The van der Waals surface area contributed by atoms with Gasteiger partial charge in [-0.1, -0.05) is 12.1 Å². The van der Waals surface area contributed by atoms with Gasteiger partial charge >= 0.3 is 6.09 Å². The molecule has 2 aromatic rings. The fourth-order valence-corrected chi connectivity index (χ4v) is 3.19. The number of amides is 2. The molecular weight excluding hydrogens is 331 g/mol. The van der Waals surface area contributed by atoms with Crippen LogP contribution in [0.5, 0.6) is 0 Å². The molecule has 2 heterocycles. The number of ether oxygens (including phenoxy) is 1. The molecule has 1 fully saturated rings. The molecule has 0 saturated carbocycles. The fourth-order valence-electron chi connectivity index (χ4n) is 2.46. The summed E-state index contributed by atoms with van der Waals surface area (Å²) in [7, 11) is 0. The number of anilines is 1. The predicted octanol–water partition coefficient (Wildman–Crippen LogP) is 2.96. The van der Waals surface area contributed by atoms with Crippen molar-refractivity contribution in [3.05, 3.63) is 53.2 Å². The quantitative estimate of drug-likeness (QED) is 0.873. The number of rotatable bonds is 6. The van der Waals surface area contributed by atoms with E-state index in [4.69, 9.17) is 4.74 Å². The van der Waals surface area contributed by atoms with Gasteiger partial charge in [0, 0.05) is 6.42 Å². The van der Waals surface area contributed by atoms with Gasteiger partial charge in [0.1, 0.15) is 16.9 Å². The highest BCUT2D eigenvalue weighted by Gasteiger charge is 2.32. The Morgan fingerprint density at radius 1 is 1.33 bits per heavy atom. The van der Waals surface area contributed by atoms with Gasteiger partial charge in [-0.2, -0.15) is 0 Å². The monoisotopic (exact) mass is 348 g/mol. The number of carbonyl (C=O) groups excluding carboxylic acids is 2. The number of nitrogens with zero attached hydrogens (tertiary/aromatic N) is 1. The van der Waals surface area contributed by atoms with E-state index in [2.05, 4.69) is 5.32 Å². The van der Waals surface area contributed by atoms with Crippen LogP contribution in [0.1, 0.15) is 12.0 Å². The number of thiophene rings is 1. The van der Waals surface area contributed by atoms with Crippen LogP contribution in [0.3, 0.4) is 0 Å². The highest BCUT2D eigenvalue weighted by Crippen LogP contribution is 2.26. The van der Waals surface area contributed by atoms with Gasteiger partial charge in [-0.3, -0.25) is 9.69 Å². The Hall–Kier alpha value is -2.41. The molecule has 0 radical (unpaired) electrons. The smallest absolute Gasteiger partial charge is 0.415 e. The molecule has 1 N–H and O–H groups in total. The highest BCUT2D eigenvalue weighted by molar-refractivity contribution is 7.14. The minimum absolute atomic E-state index is 0.120. The fraction of sp³-hybridized carbons (Fsp3) is 0.294. The number of halogens is 1. The minimum atomic E-state index is -0.386. The molecular formula is C17H17FN2O3S. The Morgan fingerprint density at radius 2 is 2.12 bits per heavy atom. The maximum absolute atomic E-state index is 12.8. The lowest BCUT2D eigenvalue weighted by molar-refractivity contribution is -0.121. The van der Waals surface area contributed by atoms with Crippen LogP contribution in [0.15, 0.2) is 41.8 Å². The molecule has 2 amide bonds. The van der Waals surface area contributed by atoms with Crippen LogP contribution in [0, 0.1) is 5.82 Å². The molecule has 7 heteroatoms. The number of aryl methyl sites for hydroxylation is 1. The number of hydrogen-bond acceptors (Lipinski definition) is 4. The average Bonchev–Trinajstić information content (AvgIpc) is 3.21. The minimum Gasteiger partial charge on any atom is -0.442 e. The van der Waals surface area contributed by atoms with Crippen LogP contribution in [-0.2, 0) is 16.0 Å². The third kappa shape index (κ3) is 4.11. The van der Waals surface area contributed by atoms with Crippen molar-refractivity contribution >= 4 is 28.3 Å². The molecule has 0 bridgehead atoms. The van der Waals surface area contributed by atoms with Gasteiger partial charge < -0.3 is 10.1 Å². The average molecular weight is 348 g/mol. The molecule has 126 valence electrons. The Morgan fingerprint density at radius 3 is 2.83 bits per heavy atom. The van der Waals surface area contributed by atoms with Crippen molar-refractivity contribution in [1.29, 1.82) is 0 Å². The molecule has 1 aromatic heterocycles. The summed E-state index contributed by atoms with van der Waals surface area (Å²) in [6.07, 6.45) is 0.108. The lowest BCUT2D eigenvalue weighted by Crippen LogP contribution is -2.34. The van der Waals surface area contributed by atoms with Gasteiger partial charge in [-0.15, -0.1) is 11.3 Å². The van der Waals surface area contributed by atoms with E-state index in [0.717, 1.165) is 10.6 Å². The zero-order valence-corrected chi connectivity index (χ0v) is 13.7. The van der Waals surface area contributed by atoms with E-state index in [1.807, 2.05) is 17.5 Å². The lowest BCUT2D eigenvalue weighted by Gasteiger charge is -2.11. The van der Waals surface area contributed by atoms with Gasteiger partial charge in [0.2, 0.25) is 5.91 Å². The maximum Gasteiger partial charge on any atom is 0.415 e. The second kappa shape index (κ2) is 7.44. The number of carbonyl (C=O) groups is 2. The largest absolute Gasteiger partial charge is 0.442 e. The molecule has 1 aliphatic heterocycles. The summed E-state index contributed by atoms with van der Waals surface area (Å²) in [5.41, 5.74) is 0.905. The molecule has 3 rings (SSSR count). The van der Waals surface area contributed by atoms with E-state index in [1.165, 1.54) is 23.5 Å². The molecule has 0 aliphatic carbocycles. The summed E-state index contributed by atoms with van der Waals surface area (Å²) in [5, 5.41) is 5.51. The zero-order chi connectivity index (χ0) is 16.9. The Balaban J connectivity index is 1.42. The molecule has 1 atom stereocenters. The van der Waals surface area contributed by atoms with E-state index in [9.17, 15) is 14.0 Å². The van der Waals surface area contributed by atoms with Gasteiger partial charge in [0.25, 0.3) is 0 Å². The normalized spacial score (nSPS) is 17.0. The molecule has 1 aromatic carbocycles. The van der Waals surface area contributed by atoms with Gasteiger partial charge in [-0.05, 0) is 41.6 Å². The Kier molecular flexibility index (Phi) is 5.10. The van der Waals surface area contributed by atoms with Crippen molar-refractivity contribution in [3.8, 4) is 0 Å². The zero-order valence-electron chi connectivity index (χ0n) is 12.9. The Labute approximate surface area is 143 Å². The third-order valence-electron chi connectivity index (χ3n) is 3.73. The SMILES string of the molecule is O=C(CCc1ccc(F)cc1)NCC1CN(c2cccs2)C(=O)O1. The number of cyclic esters (lactones) is 1. The first-order valence-electron chi connectivity index (χ1n) is 7.64. The van der Waals surface area contributed by atoms with Crippen molar-refractivity contribution < 1.29 is 18.7 Å². The maximum atomic E-state index is 12.8. The molecule has 1 saturated heterocycles. The summed E-state index contributed by atoms with van der Waals surface area (Å²) in [6.45, 7) is 0.716. The van der Waals surface area contributed by atoms with Crippen LogP contribution in [0.25, 0.3) is 0 Å². The van der Waals surface area contributed by atoms with Crippen molar-refractivity contribution in [2.75, 3.05) is 18.0 Å². The van der Waals surface area contributed by atoms with Crippen molar-refractivity contribution in [2.45, 2.75) is 18.9 Å². The summed E-state index contributed by atoms with van der Waals surface area (Å²) in [6, 6.07) is 9.82. The highest BCUT2D eigenvalue weighted by atomic mass is 32.1. The molecule has 5 nitrogen and oxygen atoms in total. The van der Waals surface area contributed by atoms with Crippen molar-refractivity contribution in [2.24, 2.45) is 0 Å². The van der Waals surface area contributed by atoms with Crippen LogP contribution in [0.4, 0.5) is 14.2 Å². The molecule has 24 heavy (non-hydrogen) atoms. The number of benzene rings is 1. The first-order chi connectivity index (χ1) is 11.6. The molecule has 0 spiro atoms. The van der Waals surface area contributed by atoms with Crippen LogP contribution in [-0.4, -0.2) is 31.2 Å². The summed E-state index contributed by atoms with van der Waals surface area (Å²) in [5.74, 6) is -0.411. The number of hydrogen-bond donors (Lipinski definition) is 1. The van der Waals surface area contributed by atoms with E-state index in [1.54, 1.807) is 17.0 Å². The van der Waals surface area contributed by atoms with E-state index in [-0.39, 0.29) is 30.5 Å². The van der Waals surface area contributed by atoms with Gasteiger partial charge in [0.05, 0.1) is 13.1 Å². The second-order valence-corrected chi connectivity index (χ2v) is 6.42. The summed E-state index contributed by atoms with van der Waals surface area (Å²) >= 11 is 1.47. The van der Waals surface area contributed by atoms with E-state index >= 15 is 0 Å². The van der Waals surface area contributed by atoms with E-state index in [0.29, 0.717) is 19.4 Å². The van der Waals surface area contributed by atoms with Gasteiger partial charge in [0.15, 0.2) is 0 Å². The first-order valence-corrected chi connectivity index (χ1v) is 8.52. The topological polar surface area (TPSA) is 58.6 Å². The lowest BCUT2D eigenvalue weighted by atomic mass is 10.1. The van der Waals surface area contributed by atoms with Gasteiger partial charge in [-0.25, -0.2) is 9.18 Å². The standard InChI is InChI=1S/C17H17FN2O3S/c18-13-6-3-12(4-7-13)5-8-15(21)19-10-14-11-20(17(22)23-14)16-2-1-9-24-16/h1-4,6-7,9,14H,5,8,10-11H2,(H,19,21). The van der Waals surface area contributed by atoms with Crippen molar-refractivity contribution in [3.63, 3.8) is 0 Å². The molecule has 1 aliphatic rings. The second-order valence-electron chi connectivity index (χ2n) is 5.50.